The standard InChI is InChI=1S/C19H19N5O/c1-13-4-3-5-14(2)18(13)22-17-7-6-16(23-24-17)19(25)21-12-15-8-10-20-11-9-15/h3-11H,12H2,1-2H3,(H,21,25)(H,22,24). The summed E-state index contributed by atoms with van der Waals surface area (Å²) < 4.78 is 0. The van der Waals surface area contributed by atoms with E-state index in [1.807, 2.05) is 44.2 Å². The van der Waals surface area contributed by atoms with E-state index in [0.717, 1.165) is 22.4 Å². The molecule has 3 rings (SSSR count). The van der Waals surface area contributed by atoms with Crippen LogP contribution in [0.2, 0.25) is 0 Å². The molecule has 0 unspecified atom stereocenters. The highest BCUT2D eigenvalue weighted by molar-refractivity contribution is 5.92. The molecule has 6 nitrogen and oxygen atoms in total. The molecule has 0 fully saturated rings. The van der Waals surface area contributed by atoms with E-state index in [1.54, 1.807) is 24.5 Å². The fraction of sp³-hybridized carbons (Fsp3) is 0.158. The maximum atomic E-state index is 12.1. The molecule has 0 aliphatic heterocycles. The Morgan fingerprint density at radius 1 is 0.960 bits per heavy atom. The SMILES string of the molecule is Cc1cccc(C)c1Nc1ccc(C(=O)NCc2ccncc2)nn1. The van der Waals surface area contributed by atoms with Gasteiger partial charge in [0.2, 0.25) is 0 Å². The van der Waals surface area contributed by atoms with Crippen molar-refractivity contribution < 1.29 is 4.79 Å². The van der Waals surface area contributed by atoms with Crippen LogP contribution in [0.25, 0.3) is 0 Å². The van der Waals surface area contributed by atoms with E-state index in [0.29, 0.717) is 12.4 Å². The van der Waals surface area contributed by atoms with Crippen molar-refractivity contribution in [2.45, 2.75) is 20.4 Å². The van der Waals surface area contributed by atoms with Crippen LogP contribution < -0.4 is 10.6 Å². The van der Waals surface area contributed by atoms with Gasteiger partial charge in [0, 0.05) is 24.6 Å². The van der Waals surface area contributed by atoms with Gasteiger partial charge in [0.15, 0.2) is 11.5 Å². The smallest absolute Gasteiger partial charge is 0.272 e. The van der Waals surface area contributed by atoms with Crippen LogP contribution in [0.4, 0.5) is 11.5 Å². The van der Waals surface area contributed by atoms with E-state index in [-0.39, 0.29) is 11.6 Å². The number of nitrogens with one attached hydrogen (secondary N) is 2. The Labute approximate surface area is 146 Å². The summed E-state index contributed by atoms with van der Waals surface area (Å²) in [6.07, 6.45) is 3.38. The molecule has 0 aliphatic rings. The number of nitrogens with zero attached hydrogens (tertiary/aromatic N) is 3. The van der Waals surface area contributed by atoms with Gasteiger partial charge in [0.25, 0.3) is 5.91 Å². The molecule has 1 aromatic carbocycles. The van der Waals surface area contributed by atoms with Crippen molar-refractivity contribution in [2.75, 3.05) is 5.32 Å². The van der Waals surface area contributed by atoms with Gasteiger partial charge in [-0.15, -0.1) is 10.2 Å². The summed E-state index contributed by atoms with van der Waals surface area (Å²) in [6.45, 7) is 4.48. The van der Waals surface area contributed by atoms with Crippen molar-refractivity contribution in [3.8, 4) is 0 Å². The van der Waals surface area contributed by atoms with Gasteiger partial charge in [0.05, 0.1) is 0 Å². The molecule has 2 N–H and O–H groups in total. The number of carbonyl (C=O) groups is 1. The first-order chi connectivity index (χ1) is 12.1. The van der Waals surface area contributed by atoms with E-state index in [9.17, 15) is 4.79 Å². The molecule has 1 amide bonds. The Morgan fingerprint density at radius 3 is 2.32 bits per heavy atom. The van der Waals surface area contributed by atoms with Crippen LogP contribution >= 0.6 is 0 Å². The first-order valence-electron chi connectivity index (χ1n) is 7.97. The monoisotopic (exact) mass is 333 g/mol. The van der Waals surface area contributed by atoms with Gasteiger partial charge in [0.1, 0.15) is 0 Å². The van der Waals surface area contributed by atoms with Crippen molar-refractivity contribution in [1.82, 2.24) is 20.5 Å². The van der Waals surface area contributed by atoms with Crippen molar-refractivity contribution in [2.24, 2.45) is 0 Å². The Hall–Kier alpha value is -3.28. The predicted octanol–water partition coefficient (Wildman–Crippen LogP) is 3.16. The summed E-state index contributed by atoms with van der Waals surface area (Å²) in [6, 6.07) is 13.2. The highest BCUT2D eigenvalue weighted by Gasteiger charge is 2.09. The topological polar surface area (TPSA) is 79.8 Å². The molecule has 0 bridgehead atoms. The maximum absolute atomic E-state index is 12.1. The molecule has 2 aromatic heterocycles. The molecule has 0 spiro atoms. The van der Waals surface area contributed by atoms with Gasteiger partial charge in [-0.25, -0.2) is 0 Å². The number of aromatic nitrogens is 3. The molecule has 25 heavy (non-hydrogen) atoms. The zero-order chi connectivity index (χ0) is 17.6. The maximum Gasteiger partial charge on any atom is 0.272 e. The average Bonchev–Trinajstić information content (AvgIpc) is 2.64. The van der Waals surface area contributed by atoms with Crippen molar-refractivity contribution in [3.05, 3.63) is 77.2 Å². The molecular weight excluding hydrogens is 314 g/mol. The number of benzene rings is 1. The van der Waals surface area contributed by atoms with Gasteiger partial charge in [-0.2, -0.15) is 0 Å². The molecule has 0 radical (unpaired) electrons. The lowest BCUT2D eigenvalue weighted by Crippen LogP contribution is -2.24. The molecule has 2 heterocycles. The Balaban J connectivity index is 1.64. The van der Waals surface area contributed by atoms with Crippen LogP contribution in [0.1, 0.15) is 27.2 Å². The van der Waals surface area contributed by atoms with Crippen LogP contribution in [-0.4, -0.2) is 21.1 Å². The van der Waals surface area contributed by atoms with Crippen LogP contribution in [0.15, 0.2) is 54.9 Å². The van der Waals surface area contributed by atoms with Crippen LogP contribution in [0.3, 0.4) is 0 Å². The number of carbonyl (C=O) groups excluding carboxylic acids is 1. The van der Waals surface area contributed by atoms with E-state index in [2.05, 4.69) is 25.8 Å². The normalized spacial score (nSPS) is 10.3. The number of hydrogen-bond acceptors (Lipinski definition) is 5. The van der Waals surface area contributed by atoms with Gasteiger partial charge >= 0.3 is 0 Å². The quantitative estimate of drug-likeness (QED) is 0.750. The third-order valence-electron chi connectivity index (χ3n) is 3.83. The number of para-hydroxylation sites is 1. The Bertz CT molecular complexity index is 842. The van der Waals surface area contributed by atoms with Crippen molar-refractivity contribution in [3.63, 3.8) is 0 Å². The van der Waals surface area contributed by atoms with Gasteiger partial charge in [-0.1, -0.05) is 18.2 Å². The van der Waals surface area contributed by atoms with E-state index < -0.39 is 0 Å². The second kappa shape index (κ2) is 7.53. The summed E-state index contributed by atoms with van der Waals surface area (Å²) in [5, 5.41) is 14.2. The molecule has 126 valence electrons. The number of aryl methyl sites for hydroxylation is 2. The lowest BCUT2D eigenvalue weighted by molar-refractivity contribution is 0.0945. The molecule has 6 heteroatoms. The first-order valence-corrected chi connectivity index (χ1v) is 7.97. The molecule has 0 saturated carbocycles. The number of hydrogen-bond donors (Lipinski definition) is 2. The highest BCUT2D eigenvalue weighted by Crippen LogP contribution is 2.22. The minimum absolute atomic E-state index is 0.261. The fourth-order valence-corrected chi connectivity index (χ4v) is 2.43. The predicted molar refractivity (Wildman–Crippen MR) is 96.6 cm³/mol. The summed E-state index contributed by atoms with van der Waals surface area (Å²) in [4.78, 5) is 16.1. The lowest BCUT2D eigenvalue weighted by atomic mass is 10.1. The second-order valence-corrected chi connectivity index (χ2v) is 5.73. The number of amides is 1. The number of pyridine rings is 1. The van der Waals surface area contributed by atoms with E-state index in [1.165, 1.54) is 0 Å². The van der Waals surface area contributed by atoms with E-state index >= 15 is 0 Å². The van der Waals surface area contributed by atoms with Crippen molar-refractivity contribution >= 4 is 17.4 Å². The summed E-state index contributed by atoms with van der Waals surface area (Å²) in [5.74, 6) is 0.339. The summed E-state index contributed by atoms with van der Waals surface area (Å²) in [5.41, 5.74) is 4.51. The fourth-order valence-electron chi connectivity index (χ4n) is 2.43. The van der Waals surface area contributed by atoms with Gasteiger partial charge in [-0.05, 0) is 54.8 Å². The van der Waals surface area contributed by atoms with Crippen LogP contribution in [0, 0.1) is 13.8 Å². The molecule has 3 aromatic rings. The molecule has 0 saturated heterocycles. The highest BCUT2D eigenvalue weighted by atomic mass is 16.1. The largest absolute Gasteiger partial charge is 0.347 e. The number of rotatable bonds is 5. The first kappa shape index (κ1) is 16.6. The lowest BCUT2D eigenvalue weighted by Gasteiger charge is -2.11. The van der Waals surface area contributed by atoms with Gasteiger partial charge in [-0.3, -0.25) is 9.78 Å². The van der Waals surface area contributed by atoms with Crippen molar-refractivity contribution in [1.29, 1.82) is 0 Å². The van der Waals surface area contributed by atoms with Crippen LogP contribution in [-0.2, 0) is 6.54 Å². The zero-order valence-corrected chi connectivity index (χ0v) is 14.2. The third kappa shape index (κ3) is 4.17. The molecule has 0 atom stereocenters. The molecular formula is C19H19N5O. The number of anilines is 2. The average molecular weight is 333 g/mol. The Morgan fingerprint density at radius 2 is 1.68 bits per heavy atom. The second-order valence-electron chi connectivity index (χ2n) is 5.73. The minimum atomic E-state index is -0.261. The Kier molecular flexibility index (Phi) is 4.99. The third-order valence-corrected chi connectivity index (χ3v) is 3.83. The van der Waals surface area contributed by atoms with Crippen LogP contribution in [0.5, 0.6) is 0 Å². The minimum Gasteiger partial charge on any atom is -0.347 e. The van der Waals surface area contributed by atoms with Gasteiger partial charge < -0.3 is 10.6 Å². The molecule has 0 aliphatic carbocycles. The summed E-state index contributed by atoms with van der Waals surface area (Å²) >= 11 is 0. The zero-order valence-electron chi connectivity index (χ0n) is 14.2. The summed E-state index contributed by atoms with van der Waals surface area (Å²) in [7, 11) is 0. The van der Waals surface area contributed by atoms with E-state index in [4.69, 9.17) is 0 Å².